The van der Waals surface area contributed by atoms with Crippen LogP contribution in [0.4, 0.5) is 4.39 Å². The standard InChI is InChI=1S/C27H40FN5O3/c1-4-5-10-33-19-23(22(2)29-33)18-31-15-16-36-27(20-31,21-35-25-8-6-24(28)7-9-25)17-26(34)32-13-11-30(3)12-14-32/h6-9,19H,4-5,10-18,20-21H2,1-3H3. The quantitative estimate of drug-likeness (QED) is 0.499. The van der Waals surface area contributed by atoms with Crippen molar-refractivity contribution in [2.75, 3.05) is 59.5 Å². The average Bonchev–Trinajstić information content (AvgIpc) is 3.21. The van der Waals surface area contributed by atoms with E-state index in [4.69, 9.17) is 9.47 Å². The van der Waals surface area contributed by atoms with E-state index in [1.54, 1.807) is 12.1 Å². The number of unbranched alkanes of at least 4 members (excludes halogenated alkanes) is 1. The predicted molar refractivity (Wildman–Crippen MR) is 136 cm³/mol. The molecule has 2 fully saturated rings. The van der Waals surface area contributed by atoms with Gasteiger partial charge < -0.3 is 19.3 Å². The number of carbonyl (C=O) groups excluding carboxylic acids is 1. The van der Waals surface area contributed by atoms with Crippen molar-refractivity contribution < 1.29 is 18.7 Å². The van der Waals surface area contributed by atoms with E-state index in [0.717, 1.165) is 64.3 Å². The molecule has 2 aliphatic heterocycles. The highest BCUT2D eigenvalue weighted by molar-refractivity contribution is 5.77. The number of hydrogen-bond donors (Lipinski definition) is 0. The Balaban J connectivity index is 1.47. The monoisotopic (exact) mass is 501 g/mol. The van der Waals surface area contributed by atoms with Crippen molar-refractivity contribution in [3.8, 4) is 5.75 Å². The lowest BCUT2D eigenvalue weighted by Gasteiger charge is -2.43. The number of nitrogens with zero attached hydrogens (tertiary/aromatic N) is 5. The van der Waals surface area contributed by atoms with Crippen LogP contribution in [0.1, 0.15) is 37.4 Å². The van der Waals surface area contributed by atoms with E-state index < -0.39 is 5.60 Å². The third kappa shape index (κ3) is 7.05. The molecule has 198 valence electrons. The molecule has 0 radical (unpaired) electrons. The van der Waals surface area contributed by atoms with Crippen LogP contribution >= 0.6 is 0 Å². The molecule has 1 atom stereocenters. The minimum Gasteiger partial charge on any atom is -0.491 e. The third-order valence-electron chi connectivity index (χ3n) is 7.16. The summed E-state index contributed by atoms with van der Waals surface area (Å²) in [5.74, 6) is 0.352. The van der Waals surface area contributed by atoms with E-state index >= 15 is 0 Å². The van der Waals surface area contributed by atoms with Gasteiger partial charge >= 0.3 is 0 Å². The van der Waals surface area contributed by atoms with Gasteiger partial charge in [0.2, 0.25) is 5.91 Å². The fourth-order valence-electron chi connectivity index (χ4n) is 4.88. The molecule has 0 saturated carbocycles. The van der Waals surface area contributed by atoms with Crippen LogP contribution < -0.4 is 4.74 Å². The minimum absolute atomic E-state index is 0.0937. The normalized spacial score (nSPS) is 21.6. The lowest BCUT2D eigenvalue weighted by atomic mass is 9.96. The van der Waals surface area contributed by atoms with E-state index in [2.05, 4.69) is 42.0 Å². The Morgan fingerprint density at radius 3 is 2.64 bits per heavy atom. The summed E-state index contributed by atoms with van der Waals surface area (Å²) in [6.45, 7) is 11.2. The van der Waals surface area contributed by atoms with Crippen LogP contribution in [-0.2, 0) is 22.6 Å². The molecule has 36 heavy (non-hydrogen) atoms. The number of morpholine rings is 1. The van der Waals surface area contributed by atoms with Crippen molar-refractivity contribution in [2.45, 2.75) is 51.8 Å². The number of ether oxygens (including phenoxy) is 2. The summed E-state index contributed by atoms with van der Waals surface area (Å²) >= 11 is 0. The van der Waals surface area contributed by atoms with Crippen LogP contribution in [0.15, 0.2) is 30.5 Å². The van der Waals surface area contributed by atoms with Crippen LogP contribution in [-0.4, -0.2) is 95.5 Å². The van der Waals surface area contributed by atoms with Gasteiger partial charge in [-0.2, -0.15) is 5.10 Å². The molecule has 2 saturated heterocycles. The first-order valence-corrected chi connectivity index (χ1v) is 13.1. The van der Waals surface area contributed by atoms with Crippen molar-refractivity contribution in [1.29, 1.82) is 0 Å². The van der Waals surface area contributed by atoms with E-state index in [-0.39, 0.29) is 24.8 Å². The van der Waals surface area contributed by atoms with Crippen molar-refractivity contribution >= 4 is 5.91 Å². The third-order valence-corrected chi connectivity index (χ3v) is 7.16. The zero-order valence-corrected chi connectivity index (χ0v) is 21.9. The number of likely N-dealkylation sites (N-methyl/N-ethyl adjacent to an activating group) is 1. The van der Waals surface area contributed by atoms with Crippen molar-refractivity contribution in [1.82, 2.24) is 24.5 Å². The molecule has 9 heteroatoms. The Bertz CT molecular complexity index is 990. The maximum absolute atomic E-state index is 13.4. The van der Waals surface area contributed by atoms with E-state index in [9.17, 15) is 9.18 Å². The number of aryl methyl sites for hydroxylation is 2. The van der Waals surface area contributed by atoms with Crippen LogP contribution in [0.25, 0.3) is 0 Å². The SMILES string of the molecule is CCCCn1cc(CN2CCOC(COc3ccc(F)cc3)(CC(=O)N3CCN(C)CC3)C2)c(C)n1. The van der Waals surface area contributed by atoms with Gasteiger partial charge in [-0.25, -0.2) is 4.39 Å². The van der Waals surface area contributed by atoms with Gasteiger partial charge in [-0.1, -0.05) is 13.3 Å². The fourth-order valence-corrected chi connectivity index (χ4v) is 4.88. The molecule has 1 unspecified atom stereocenters. The van der Waals surface area contributed by atoms with Gasteiger partial charge in [-0.05, 0) is 44.7 Å². The lowest BCUT2D eigenvalue weighted by molar-refractivity contribution is -0.157. The molecule has 8 nitrogen and oxygen atoms in total. The molecular formula is C27H40FN5O3. The van der Waals surface area contributed by atoms with Crippen LogP contribution in [0.2, 0.25) is 0 Å². The Morgan fingerprint density at radius 2 is 1.92 bits per heavy atom. The van der Waals surface area contributed by atoms with E-state index in [1.165, 1.54) is 17.7 Å². The molecule has 1 aromatic heterocycles. The Morgan fingerprint density at radius 1 is 1.17 bits per heavy atom. The second-order valence-electron chi connectivity index (χ2n) is 10.2. The zero-order chi connectivity index (χ0) is 25.5. The molecule has 0 N–H and O–H groups in total. The van der Waals surface area contributed by atoms with Crippen molar-refractivity contribution in [3.05, 3.63) is 47.5 Å². The highest BCUT2D eigenvalue weighted by Gasteiger charge is 2.41. The number of aromatic nitrogens is 2. The first-order valence-electron chi connectivity index (χ1n) is 13.1. The van der Waals surface area contributed by atoms with Crippen molar-refractivity contribution in [2.24, 2.45) is 0 Å². The van der Waals surface area contributed by atoms with E-state index in [0.29, 0.717) is 18.9 Å². The summed E-state index contributed by atoms with van der Waals surface area (Å²) in [5.41, 5.74) is 1.46. The summed E-state index contributed by atoms with van der Waals surface area (Å²) in [6.07, 6.45) is 4.64. The number of carbonyl (C=O) groups is 1. The number of amides is 1. The predicted octanol–water partition coefficient (Wildman–Crippen LogP) is 2.94. The molecule has 3 heterocycles. The molecule has 2 aliphatic rings. The molecule has 0 bridgehead atoms. The van der Waals surface area contributed by atoms with Gasteiger partial charge in [-0.15, -0.1) is 0 Å². The first kappa shape index (κ1) is 26.6. The number of rotatable bonds is 10. The van der Waals surface area contributed by atoms with Crippen molar-refractivity contribution in [3.63, 3.8) is 0 Å². The van der Waals surface area contributed by atoms with Gasteiger partial charge in [0.05, 0.1) is 18.7 Å². The number of hydrogen-bond acceptors (Lipinski definition) is 6. The second-order valence-corrected chi connectivity index (χ2v) is 10.2. The molecule has 0 spiro atoms. The number of halogens is 1. The summed E-state index contributed by atoms with van der Waals surface area (Å²) in [7, 11) is 2.08. The van der Waals surface area contributed by atoms with E-state index in [1.807, 2.05) is 9.58 Å². The highest BCUT2D eigenvalue weighted by Crippen LogP contribution is 2.27. The Hall–Kier alpha value is -2.49. The summed E-state index contributed by atoms with van der Waals surface area (Å²) in [6, 6.07) is 5.98. The van der Waals surface area contributed by atoms with Gasteiger partial charge in [0.1, 0.15) is 23.8 Å². The summed E-state index contributed by atoms with van der Waals surface area (Å²) in [4.78, 5) is 19.9. The molecule has 4 rings (SSSR count). The summed E-state index contributed by atoms with van der Waals surface area (Å²) in [5, 5.41) is 4.69. The van der Waals surface area contributed by atoms with Crippen LogP contribution in [0.3, 0.4) is 0 Å². The molecular weight excluding hydrogens is 461 g/mol. The highest BCUT2D eigenvalue weighted by atomic mass is 19.1. The van der Waals surface area contributed by atoms with Gasteiger partial charge in [-0.3, -0.25) is 14.4 Å². The summed E-state index contributed by atoms with van der Waals surface area (Å²) < 4.78 is 27.8. The smallest absolute Gasteiger partial charge is 0.225 e. The largest absolute Gasteiger partial charge is 0.491 e. The van der Waals surface area contributed by atoms with Gasteiger partial charge in [0.25, 0.3) is 0 Å². The van der Waals surface area contributed by atoms with Crippen LogP contribution in [0, 0.1) is 12.7 Å². The molecule has 0 aliphatic carbocycles. The zero-order valence-electron chi connectivity index (χ0n) is 21.9. The Labute approximate surface area is 213 Å². The second kappa shape index (κ2) is 12.2. The molecule has 2 aromatic rings. The molecule has 1 amide bonds. The van der Waals surface area contributed by atoms with Gasteiger partial charge in [0, 0.05) is 64.1 Å². The Kier molecular flexibility index (Phi) is 8.98. The van der Waals surface area contributed by atoms with Crippen LogP contribution in [0.5, 0.6) is 5.75 Å². The minimum atomic E-state index is -0.779. The number of piperazine rings is 1. The maximum atomic E-state index is 13.4. The topological polar surface area (TPSA) is 63.1 Å². The lowest BCUT2D eigenvalue weighted by Crippen LogP contribution is -2.58. The maximum Gasteiger partial charge on any atom is 0.225 e. The molecule has 1 aromatic carbocycles. The average molecular weight is 502 g/mol. The van der Waals surface area contributed by atoms with Gasteiger partial charge in [0.15, 0.2) is 0 Å². The first-order chi connectivity index (χ1) is 17.4. The number of benzene rings is 1. The fraction of sp³-hybridized carbons (Fsp3) is 0.630.